The Morgan fingerprint density at radius 3 is 2.68 bits per heavy atom. The van der Waals surface area contributed by atoms with Gasteiger partial charge in [-0.2, -0.15) is 0 Å². The Labute approximate surface area is 143 Å². The highest BCUT2D eigenvalue weighted by atomic mass is 32.2. The number of nitrogens with zero attached hydrogens (tertiary/aromatic N) is 1. The van der Waals surface area contributed by atoms with Crippen molar-refractivity contribution in [2.75, 3.05) is 12.8 Å². The van der Waals surface area contributed by atoms with Crippen LogP contribution >= 0.6 is 0 Å². The van der Waals surface area contributed by atoms with E-state index in [9.17, 15) is 22.0 Å². The molecule has 1 aromatic carbocycles. The lowest BCUT2D eigenvalue weighted by Gasteiger charge is -2.11. The predicted octanol–water partition coefficient (Wildman–Crippen LogP) is 1.32. The van der Waals surface area contributed by atoms with Gasteiger partial charge in [-0.1, -0.05) is 6.07 Å². The van der Waals surface area contributed by atoms with Gasteiger partial charge in [0.1, 0.15) is 5.75 Å². The summed E-state index contributed by atoms with van der Waals surface area (Å²) in [5.41, 5.74) is 0.472. The van der Waals surface area contributed by atoms with Gasteiger partial charge in [-0.15, -0.1) is 0 Å². The molecule has 0 aliphatic heterocycles. The summed E-state index contributed by atoms with van der Waals surface area (Å²) in [5.74, 6) is -2.46. The summed E-state index contributed by atoms with van der Waals surface area (Å²) in [6, 6.07) is 6.26. The summed E-state index contributed by atoms with van der Waals surface area (Å²) < 4.78 is 55.5. The molecule has 0 saturated heterocycles. The van der Waals surface area contributed by atoms with Crippen molar-refractivity contribution in [1.82, 2.24) is 15.0 Å². The first kappa shape index (κ1) is 18.7. The Morgan fingerprint density at radius 2 is 2.00 bits per heavy atom. The first-order valence-electron chi connectivity index (χ1n) is 7.03. The number of nitrogens with one attached hydrogen (secondary N) is 2. The molecule has 2 rings (SSSR count). The van der Waals surface area contributed by atoms with Crippen LogP contribution in [0.3, 0.4) is 0 Å². The topological polar surface area (TPSA) is 97.4 Å². The number of benzene rings is 1. The molecule has 0 unspecified atom stereocenters. The van der Waals surface area contributed by atoms with Gasteiger partial charge in [-0.25, -0.2) is 26.9 Å². The van der Waals surface area contributed by atoms with Crippen molar-refractivity contribution in [2.24, 2.45) is 0 Å². The van der Waals surface area contributed by atoms with Crippen LogP contribution in [0.5, 0.6) is 11.6 Å². The van der Waals surface area contributed by atoms with Gasteiger partial charge in [0.25, 0.3) is 0 Å². The first-order chi connectivity index (χ1) is 11.7. The molecular weight excluding hydrogens is 356 g/mol. The third-order valence-corrected chi connectivity index (χ3v) is 3.60. The number of pyridine rings is 1. The molecule has 0 fully saturated rings. The molecule has 0 saturated carbocycles. The highest BCUT2D eigenvalue weighted by Crippen LogP contribution is 2.24. The Morgan fingerprint density at radius 1 is 1.24 bits per heavy atom. The quantitative estimate of drug-likeness (QED) is 0.765. The van der Waals surface area contributed by atoms with E-state index < -0.39 is 34.1 Å². The number of aromatic nitrogens is 1. The van der Waals surface area contributed by atoms with Gasteiger partial charge in [0.2, 0.25) is 21.8 Å². The molecule has 0 radical (unpaired) electrons. The van der Waals surface area contributed by atoms with Crippen LogP contribution in [0.2, 0.25) is 0 Å². The molecule has 2 aromatic rings. The summed E-state index contributed by atoms with van der Waals surface area (Å²) in [4.78, 5) is 15.6. The van der Waals surface area contributed by atoms with Gasteiger partial charge in [0, 0.05) is 24.4 Å². The van der Waals surface area contributed by atoms with E-state index in [0.717, 1.165) is 18.4 Å². The fourth-order valence-corrected chi connectivity index (χ4v) is 2.15. The smallest absolute Gasteiger partial charge is 0.235 e. The van der Waals surface area contributed by atoms with Crippen molar-refractivity contribution in [3.05, 3.63) is 53.7 Å². The fourth-order valence-electron chi connectivity index (χ4n) is 1.76. The molecule has 0 aliphatic rings. The monoisotopic (exact) mass is 371 g/mol. The molecular formula is C15H15F2N3O4S. The number of carbonyl (C=O) groups is 1. The van der Waals surface area contributed by atoms with Crippen LogP contribution in [0.15, 0.2) is 36.5 Å². The number of sulfonamides is 1. The minimum Gasteiger partial charge on any atom is -0.439 e. The van der Waals surface area contributed by atoms with Gasteiger partial charge in [-0.3, -0.25) is 4.79 Å². The molecule has 1 aromatic heterocycles. The molecule has 7 nitrogen and oxygen atoms in total. The maximum absolute atomic E-state index is 13.2. The first-order valence-corrected chi connectivity index (χ1v) is 8.92. The van der Waals surface area contributed by atoms with Crippen molar-refractivity contribution in [3.63, 3.8) is 0 Å². The van der Waals surface area contributed by atoms with Crippen LogP contribution in [0, 0.1) is 11.6 Å². The van der Waals surface area contributed by atoms with E-state index >= 15 is 0 Å². The second kappa shape index (κ2) is 7.99. The largest absolute Gasteiger partial charge is 0.439 e. The van der Waals surface area contributed by atoms with Gasteiger partial charge >= 0.3 is 0 Å². The molecule has 1 amide bonds. The molecule has 10 heteroatoms. The fraction of sp³-hybridized carbons (Fsp3) is 0.200. The summed E-state index contributed by atoms with van der Waals surface area (Å²) >= 11 is 0. The zero-order chi connectivity index (χ0) is 18.4. The Balaban J connectivity index is 2.02. The average Bonchev–Trinajstić information content (AvgIpc) is 2.55. The van der Waals surface area contributed by atoms with Crippen LogP contribution in [-0.2, 0) is 21.4 Å². The average molecular weight is 371 g/mol. The normalized spacial score (nSPS) is 11.2. The van der Waals surface area contributed by atoms with Crippen LogP contribution < -0.4 is 14.8 Å². The second-order valence-corrected chi connectivity index (χ2v) is 6.85. The minimum atomic E-state index is -3.47. The van der Waals surface area contributed by atoms with E-state index in [1.807, 2.05) is 0 Å². The van der Waals surface area contributed by atoms with Crippen molar-refractivity contribution in [3.8, 4) is 11.6 Å². The predicted molar refractivity (Wildman–Crippen MR) is 85.4 cm³/mol. The van der Waals surface area contributed by atoms with Gasteiger partial charge in [-0.05, 0) is 18.2 Å². The summed E-state index contributed by atoms with van der Waals surface area (Å²) in [6.07, 6.45) is 2.38. The third-order valence-electron chi connectivity index (χ3n) is 2.93. The standard InChI is InChI=1S/C15H15F2N3O4S/c1-25(22,23)20-9-14(21)19-8-10-3-2-6-18-15(10)24-11-4-5-12(16)13(17)7-11/h2-7,20H,8-9H2,1H3,(H,19,21). The maximum Gasteiger partial charge on any atom is 0.235 e. The summed E-state index contributed by atoms with van der Waals surface area (Å²) in [5, 5.41) is 2.50. The summed E-state index contributed by atoms with van der Waals surface area (Å²) in [7, 11) is -3.47. The van der Waals surface area contributed by atoms with Crippen molar-refractivity contribution >= 4 is 15.9 Å². The number of hydrogen-bond acceptors (Lipinski definition) is 5. The Bertz CT molecular complexity index is 875. The van der Waals surface area contributed by atoms with E-state index in [-0.39, 0.29) is 18.2 Å². The molecule has 0 spiro atoms. The third kappa shape index (κ3) is 6.08. The molecule has 134 valence electrons. The van der Waals surface area contributed by atoms with Crippen LogP contribution in [0.25, 0.3) is 0 Å². The number of ether oxygens (including phenoxy) is 1. The van der Waals surface area contributed by atoms with Gasteiger partial charge in [0.05, 0.1) is 12.8 Å². The number of hydrogen-bond donors (Lipinski definition) is 2. The zero-order valence-electron chi connectivity index (χ0n) is 13.1. The molecule has 0 atom stereocenters. The Kier molecular flexibility index (Phi) is 5.99. The van der Waals surface area contributed by atoms with E-state index in [0.29, 0.717) is 5.56 Å². The van der Waals surface area contributed by atoms with Gasteiger partial charge < -0.3 is 10.1 Å². The summed E-state index contributed by atoms with van der Waals surface area (Å²) in [6.45, 7) is -0.393. The number of carbonyl (C=O) groups excluding carboxylic acids is 1. The molecule has 25 heavy (non-hydrogen) atoms. The highest BCUT2D eigenvalue weighted by molar-refractivity contribution is 7.88. The van der Waals surface area contributed by atoms with Crippen LogP contribution in [0.4, 0.5) is 8.78 Å². The lowest BCUT2D eigenvalue weighted by Crippen LogP contribution is -2.36. The van der Waals surface area contributed by atoms with Crippen LogP contribution in [0.1, 0.15) is 5.56 Å². The van der Waals surface area contributed by atoms with E-state index in [2.05, 4.69) is 15.0 Å². The highest BCUT2D eigenvalue weighted by Gasteiger charge is 2.11. The molecule has 2 N–H and O–H groups in total. The molecule has 0 bridgehead atoms. The van der Waals surface area contributed by atoms with Crippen molar-refractivity contribution in [1.29, 1.82) is 0 Å². The van der Waals surface area contributed by atoms with Crippen molar-refractivity contribution in [2.45, 2.75) is 6.54 Å². The van der Waals surface area contributed by atoms with E-state index in [1.54, 1.807) is 12.1 Å². The zero-order valence-corrected chi connectivity index (χ0v) is 13.9. The number of rotatable bonds is 7. The van der Waals surface area contributed by atoms with Crippen molar-refractivity contribution < 1.29 is 26.7 Å². The molecule has 1 heterocycles. The van der Waals surface area contributed by atoms with E-state index in [4.69, 9.17) is 4.74 Å². The minimum absolute atomic E-state index is 0.0110. The lowest BCUT2D eigenvalue weighted by atomic mass is 10.2. The maximum atomic E-state index is 13.2. The van der Waals surface area contributed by atoms with E-state index in [1.165, 1.54) is 12.3 Å². The Hall–Kier alpha value is -2.59. The number of halogens is 2. The van der Waals surface area contributed by atoms with Crippen LogP contribution in [-0.4, -0.2) is 32.1 Å². The molecule has 0 aliphatic carbocycles. The lowest BCUT2D eigenvalue weighted by molar-refractivity contribution is -0.120. The number of amides is 1. The van der Waals surface area contributed by atoms with Gasteiger partial charge in [0.15, 0.2) is 11.6 Å². The second-order valence-electron chi connectivity index (χ2n) is 5.02. The SMILES string of the molecule is CS(=O)(=O)NCC(=O)NCc1cccnc1Oc1ccc(F)c(F)c1.